The molecule has 1 aromatic carbocycles. The maximum atomic E-state index is 13.6. The van der Waals surface area contributed by atoms with Crippen LogP contribution in [0.2, 0.25) is 0 Å². The van der Waals surface area contributed by atoms with Gasteiger partial charge in [0.2, 0.25) is 0 Å². The number of anilines is 1. The molecule has 1 N–H and O–H groups in total. The Labute approximate surface area is 129 Å². The lowest BCUT2D eigenvalue weighted by Gasteiger charge is -2.03. The molecule has 0 saturated heterocycles. The molecule has 2 aromatic heterocycles. The van der Waals surface area contributed by atoms with E-state index in [4.69, 9.17) is 0 Å². The third-order valence-corrected chi connectivity index (χ3v) is 3.68. The molecule has 0 atom stereocenters. The Balaban J connectivity index is 1.70. The van der Waals surface area contributed by atoms with Gasteiger partial charge in [0.05, 0.1) is 23.3 Å². The van der Waals surface area contributed by atoms with Crippen molar-refractivity contribution in [3.63, 3.8) is 0 Å². The lowest BCUT2D eigenvalue weighted by Crippen LogP contribution is -2.13. The van der Waals surface area contributed by atoms with Crippen molar-refractivity contribution < 1.29 is 9.18 Å². The number of carbonyl (C=O) groups excluding carboxylic acids is 1. The van der Waals surface area contributed by atoms with Gasteiger partial charge in [-0.25, -0.2) is 4.39 Å². The van der Waals surface area contributed by atoms with Crippen molar-refractivity contribution in [3.05, 3.63) is 58.6 Å². The number of benzene rings is 1. The van der Waals surface area contributed by atoms with Crippen molar-refractivity contribution in [2.45, 2.75) is 13.5 Å². The molecule has 0 unspecified atom stereocenters. The largest absolute Gasteiger partial charge is 0.318 e. The highest BCUT2D eigenvalue weighted by Gasteiger charge is 2.14. The van der Waals surface area contributed by atoms with E-state index in [2.05, 4.69) is 20.0 Å². The van der Waals surface area contributed by atoms with Crippen LogP contribution in [-0.4, -0.2) is 25.3 Å². The van der Waals surface area contributed by atoms with Gasteiger partial charge in [-0.3, -0.25) is 9.48 Å². The highest BCUT2D eigenvalue weighted by molar-refractivity contribution is 7.05. The molecule has 8 heteroatoms. The monoisotopic (exact) mass is 317 g/mol. The number of rotatable bonds is 4. The molecule has 0 aliphatic heterocycles. The van der Waals surface area contributed by atoms with E-state index < -0.39 is 0 Å². The smallest absolute Gasteiger partial charge is 0.277 e. The second-order valence-corrected chi connectivity index (χ2v) is 5.61. The van der Waals surface area contributed by atoms with Crippen LogP contribution in [0.15, 0.2) is 36.7 Å². The summed E-state index contributed by atoms with van der Waals surface area (Å²) in [5.41, 5.74) is 1.35. The maximum absolute atomic E-state index is 13.6. The number of hydrogen-bond acceptors (Lipinski definition) is 5. The minimum atomic E-state index is -0.336. The Morgan fingerprint density at radius 2 is 2.23 bits per heavy atom. The fraction of sp³-hybridized carbons (Fsp3) is 0.143. The Bertz CT molecular complexity index is 813. The van der Waals surface area contributed by atoms with Gasteiger partial charge in [0, 0.05) is 11.8 Å². The fourth-order valence-electron chi connectivity index (χ4n) is 1.95. The number of carbonyl (C=O) groups is 1. The summed E-state index contributed by atoms with van der Waals surface area (Å²) in [6.07, 6.45) is 3.15. The van der Waals surface area contributed by atoms with Crippen LogP contribution in [0.5, 0.6) is 0 Å². The zero-order valence-corrected chi connectivity index (χ0v) is 12.5. The molecule has 0 bridgehead atoms. The lowest BCUT2D eigenvalue weighted by atomic mass is 10.2. The zero-order valence-electron chi connectivity index (χ0n) is 11.7. The third-order valence-electron chi connectivity index (χ3n) is 3.05. The Morgan fingerprint density at radius 3 is 2.95 bits per heavy atom. The van der Waals surface area contributed by atoms with Gasteiger partial charge in [0.25, 0.3) is 5.91 Å². The number of amides is 1. The molecule has 3 aromatic rings. The van der Waals surface area contributed by atoms with E-state index in [-0.39, 0.29) is 11.7 Å². The van der Waals surface area contributed by atoms with Crippen LogP contribution in [0, 0.1) is 12.7 Å². The van der Waals surface area contributed by atoms with Crippen LogP contribution in [-0.2, 0) is 6.54 Å². The van der Waals surface area contributed by atoms with Gasteiger partial charge in [0.15, 0.2) is 5.69 Å². The zero-order chi connectivity index (χ0) is 15.5. The standard InChI is InChI=1S/C14H12FN5OS/c1-9-13(18-19-22-9)14(21)17-11-6-16-20(8-11)7-10-4-2-3-5-12(10)15/h2-6,8H,7H2,1H3,(H,17,21). The van der Waals surface area contributed by atoms with Gasteiger partial charge in [-0.1, -0.05) is 22.7 Å². The van der Waals surface area contributed by atoms with Crippen LogP contribution in [0.1, 0.15) is 20.9 Å². The minimum Gasteiger partial charge on any atom is -0.318 e. The average Bonchev–Trinajstić information content (AvgIpc) is 3.10. The summed E-state index contributed by atoms with van der Waals surface area (Å²) < 4.78 is 18.9. The van der Waals surface area contributed by atoms with E-state index in [1.807, 2.05) is 0 Å². The number of nitrogens with one attached hydrogen (secondary N) is 1. The van der Waals surface area contributed by atoms with E-state index in [1.54, 1.807) is 36.0 Å². The molecule has 0 fully saturated rings. The molecule has 0 saturated carbocycles. The van der Waals surface area contributed by atoms with Crippen molar-refractivity contribution >= 4 is 23.1 Å². The van der Waals surface area contributed by atoms with Gasteiger partial charge in [0.1, 0.15) is 5.82 Å². The molecule has 0 aliphatic carbocycles. The van der Waals surface area contributed by atoms with E-state index in [0.717, 1.165) is 4.88 Å². The average molecular weight is 317 g/mol. The summed E-state index contributed by atoms with van der Waals surface area (Å²) in [4.78, 5) is 12.8. The summed E-state index contributed by atoms with van der Waals surface area (Å²) in [6, 6.07) is 6.50. The summed E-state index contributed by atoms with van der Waals surface area (Å²) in [6.45, 7) is 2.07. The van der Waals surface area contributed by atoms with Crippen LogP contribution in [0.4, 0.5) is 10.1 Å². The predicted octanol–water partition coefficient (Wildman–Crippen LogP) is 2.48. The lowest BCUT2D eigenvalue weighted by molar-refractivity contribution is 0.102. The summed E-state index contributed by atoms with van der Waals surface area (Å²) >= 11 is 1.17. The molecular formula is C14H12FN5OS. The van der Waals surface area contributed by atoms with E-state index in [9.17, 15) is 9.18 Å². The second kappa shape index (κ2) is 6.02. The van der Waals surface area contributed by atoms with E-state index in [0.29, 0.717) is 23.5 Å². The first-order valence-electron chi connectivity index (χ1n) is 6.49. The highest BCUT2D eigenvalue weighted by atomic mass is 32.1. The number of halogens is 1. The summed E-state index contributed by atoms with van der Waals surface area (Å²) in [7, 11) is 0. The number of aryl methyl sites for hydroxylation is 1. The first-order valence-corrected chi connectivity index (χ1v) is 7.27. The molecule has 1 amide bonds. The molecule has 0 radical (unpaired) electrons. The van der Waals surface area contributed by atoms with Crippen molar-refractivity contribution in [2.75, 3.05) is 5.32 Å². The second-order valence-electron chi connectivity index (χ2n) is 4.65. The van der Waals surface area contributed by atoms with Crippen LogP contribution in [0.3, 0.4) is 0 Å². The molecule has 22 heavy (non-hydrogen) atoms. The summed E-state index contributed by atoms with van der Waals surface area (Å²) in [5, 5.41) is 10.6. The third kappa shape index (κ3) is 3.01. The van der Waals surface area contributed by atoms with Gasteiger partial charge in [-0.05, 0) is 24.5 Å². The number of hydrogen-bond donors (Lipinski definition) is 1. The van der Waals surface area contributed by atoms with E-state index in [1.165, 1.54) is 23.8 Å². The molecule has 2 heterocycles. The molecule has 6 nitrogen and oxygen atoms in total. The van der Waals surface area contributed by atoms with Gasteiger partial charge in [-0.2, -0.15) is 5.10 Å². The van der Waals surface area contributed by atoms with Crippen molar-refractivity contribution in [1.29, 1.82) is 0 Å². The van der Waals surface area contributed by atoms with Gasteiger partial charge in [-0.15, -0.1) is 5.10 Å². The summed E-state index contributed by atoms with van der Waals surface area (Å²) in [5.74, 6) is -0.621. The first-order chi connectivity index (χ1) is 10.6. The highest BCUT2D eigenvalue weighted by Crippen LogP contribution is 2.13. The minimum absolute atomic E-state index is 0.284. The van der Waals surface area contributed by atoms with E-state index >= 15 is 0 Å². The van der Waals surface area contributed by atoms with Crippen molar-refractivity contribution in [2.24, 2.45) is 0 Å². The van der Waals surface area contributed by atoms with Crippen molar-refractivity contribution in [3.8, 4) is 0 Å². The van der Waals surface area contributed by atoms with Crippen LogP contribution >= 0.6 is 11.5 Å². The topological polar surface area (TPSA) is 72.7 Å². The molecule has 0 spiro atoms. The number of aromatic nitrogens is 4. The Morgan fingerprint density at radius 1 is 1.41 bits per heavy atom. The SMILES string of the molecule is Cc1snnc1C(=O)Nc1cnn(Cc2ccccc2F)c1. The molecule has 3 rings (SSSR count). The van der Waals surface area contributed by atoms with Gasteiger partial charge >= 0.3 is 0 Å². The fourth-order valence-corrected chi connectivity index (χ4v) is 2.41. The first kappa shape index (κ1) is 14.3. The van der Waals surface area contributed by atoms with Gasteiger partial charge < -0.3 is 5.32 Å². The molecular weight excluding hydrogens is 305 g/mol. The predicted molar refractivity (Wildman–Crippen MR) is 80.3 cm³/mol. The van der Waals surface area contributed by atoms with Crippen molar-refractivity contribution in [1.82, 2.24) is 19.4 Å². The quantitative estimate of drug-likeness (QED) is 0.802. The Kier molecular flexibility index (Phi) is 3.92. The maximum Gasteiger partial charge on any atom is 0.277 e. The van der Waals surface area contributed by atoms with Crippen LogP contribution in [0.25, 0.3) is 0 Å². The molecule has 0 aliphatic rings. The Hall–Kier alpha value is -2.61. The molecule has 112 valence electrons. The van der Waals surface area contributed by atoms with Crippen LogP contribution < -0.4 is 5.32 Å². The normalized spacial score (nSPS) is 10.6. The number of nitrogens with zero attached hydrogens (tertiary/aromatic N) is 4.